The fourth-order valence-corrected chi connectivity index (χ4v) is 2.14. The largest absolute Gasteiger partial charge is 0.324 e. The molecule has 3 nitrogen and oxygen atoms in total. The molecule has 3 N–H and O–H groups in total. The molecule has 0 bridgehead atoms. The van der Waals surface area contributed by atoms with E-state index in [0.29, 0.717) is 0 Å². The molecule has 0 atom stereocenters. The second-order valence-electron chi connectivity index (χ2n) is 4.52. The van der Waals surface area contributed by atoms with Crippen LogP contribution in [0.5, 0.6) is 0 Å². The SMILES string of the molecule is NNc1ccnc(-c2ccc(-c3ccccc3)cc2)c1. The molecule has 3 heteroatoms. The minimum atomic E-state index is 0.849. The summed E-state index contributed by atoms with van der Waals surface area (Å²) in [5.74, 6) is 5.42. The summed E-state index contributed by atoms with van der Waals surface area (Å²) >= 11 is 0. The van der Waals surface area contributed by atoms with Gasteiger partial charge in [-0.2, -0.15) is 0 Å². The summed E-state index contributed by atoms with van der Waals surface area (Å²) in [5, 5.41) is 0. The maximum absolute atomic E-state index is 5.42. The number of nitrogens with zero attached hydrogens (tertiary/aromatic N) is 1. The molecule has 0 aliphatic rings. The van der Waals surface area contributed by atoms with Crippen LogP contribution < -0.4 is 11.3 Å². The molecule has 0 radical (unpaired) electrons. The molecular formula is C17H15N3. The van der Waals surface area contributed by atoms with Gasteiger partial charge in [-0.05, 0) is 23.3 Å². The fraction of sp³-hybridized carbons (Fsp3) is 0. The molecule has 0 amide bonds. The van der Waals surface area contributed by atoms with E-state index in [0.717, 1.165) is 16.9 Å². The summed E-state index contributed by atoms with van der Waals surface area (Å²) in [6, 6.07) is 22.4. The second kappa shape index (κ2) is 5.55. The van der Waals surface area contributed by atoms with Crippen molar-refractivity contribution in [3.63, 3.8) is 0 Å². The molecule has 3 aromatic rings. The number of rotatable bonds is 3. The van der Waals surface area contributed by atoms with E-state index in [2.05, 4.69) is 46.8 Å². The van der Waals surface area contributed by atoms with Crippen LogP contribution in [0.4, 0.5) is 5.69 Å². The number of hydrazine groups is 1. The highest BCUT2D eigenvalue weighted by atomic mass is 15.2. The van der Waals surface area contributed by atoms with Gasteiger partial charge in [0.15, 0.2) is 0 Å². The first-order chi connectivity index (χ1) is 9.86. The molecule has 98 valence electrons. The first kappa shape index (κ1) is 12.4. The highest BCUT2D eigenvalue weighted by Gasteiger charge is 2.02. The molecule has 1 heterocycles. The third-order valence-electron chi connectivity index (χ3n) is 3.21. The number of benzene rings is 2. The third kappa shape index (κ3) is 2.53. The first-order valence-electron chi connectivity index (χ1n) is 6.45. The number of aromatic nitrogens is 1. The van der Waals surface area contributed by atoms with E-state index in [1.165, 1.54) is 11.1 Å². The van der Waals surface area contributed by atoms with Gasteiger partial charge in [0.1, 0.15) is 0 Å². The van der Waals surface area contributed by atoms with Crippen LogP contribution in [-0.2, 0) is 0 Å². The van der Waals surface area contributed by atoms with Gasteiger partial charge in [0, 0.05) is 11.8 Å². The average Bonchev–Trinajstić information content (AvgIpc) is 2.56. The van der Waals surface area contributed by atoms with Gasteiger partial charge in [0.05, 0.1) is 11.4 Å². The van der Waals surface area contributed by atoms with Crippen molar-refractivity contribution in [2.24, 2.45) is 5.84 Å². The average molecular weight is 261 g/mol. The van der Waals surface area contributed by atoms with Crippen molar-refractivity contribution in [1.29, 1.82) is 0 Å². The van der Waals surface area contributed by atoms with E-state index in [4.69, 9.17) is 5.84 Å². The zero-order chi connectivity index (χ0) is 13.8. The Balaban J connectivity index is 1.93. The molecule has 2 aromatic carbocycles. The Morgan fingerprint density at radius 1 is 0.750 bits per heavy atom. The molecular weight excluding hydrogens is 246 g/mol. The molecule has 20 heavy (non-hydrogen) atoms. The van der Waals surface area contributed by atoms with E-state index in [1.54, 1.807) is 6.20 Å². The highest BCUT2D eigenvalue weighted by Crippen LogP contribution is 2.24. The molecule has 0 saturated heterocycles. The number of nitrogens with two attached hydrogens (primary N) is 1. The summed E-state index contributed by atoms with van der Waals surface area (Å²) in [6.45, 7) is 0. The lowest BCUT2D eigenvalue weighted by molar-refractivity contribution is 1.28. The van der Waals surface area contributed by atoms with Crippen molar-refractivity contribution in [3.8, 4) is 22.4 Å². The lowest BCUT2D eigenvalue weighted by Crippen LogP contribution is -2.06. The maximum atomic E-state index is 5.42. The molecule has 0 aliphatic carbocycles. The number of nitrogen functional groups attached to an aromatic ring is 1. The van der Waals surface area contributed by atoms with Gasteiger partial charge in [-0.25, -0.2) is 0 Å². The summed E-state index contributed by atoms with van der Waals surface area (Å²) in [4.78, 5) is 4.36. The van der Waals surface area contributed by atoms with Crippen molar-refractivity contribution in [3.05, 3.63) is 72.9 Å². The van der Waals surface area contributed by atoms with Crippen LogP contribution in [-0.4, -0.2) is 4.98 Å². The van der Waals surface area contributed by atoms with Gasteiger partial charge in [-0.15, -0.1) is 0 Å². The smallest absolute Gasteiger partial charge is 0.0723 e. The van der Waals surface area contributed by atoms with E-state index in [-0.39, 0.29) is 0 Å². The fourth-order valence-electron chi connectivity index (χ4n) is 2.14. The van der Waals surface area contributed by atoms with Crippen molar-refractivity contribution in [2.45, 2.75) is 0 Å². The van der Waals surface area contributed by atoms with Crippen LogP contribution in [0, 0.1) is 0 Å². The lowest BCUT2D eigenvalue weighted by atomic mass is 10.0. The Labute approximate surface area is 118 Å². The Hall–Kier alpha value is -2.65. The summed E-state index contributed by atoms with van der Waals surface area (Å²) in [6.07, 6.45) is 1.75. The predicted molar refractivity (Wildman–Crippen MR) is 82.9 cm³/mol. The quantitative estimate of drug-likeness (QED) is 0.558. The van der Waals surface area contributed by atoms with E-state index < -0.39 is 0 Å². The van der Waals surface area contributed by atoms with Crippen LogP contribution >= 0.6 is 0 Å². The number of hydrogen-bond acceptors (Lipinski definition) is 3. The topological polar surface area (TPSA) is 50.9 Å². The Kier molecular flexibility index (Phi) is 3.44. The van der Waals surface area contributed by atoms with Gasteiger partial charge in [-0.3, -0.25) is 10.8 Å². The molecule has 0 saturated carbocycles. The van der Waals surface area contributed by atoms with Crippen molar-refractivity contribution >= 4 is 5.69 Å². The molecule has 0 spiro atoms. The number of nitrogens with one attached hydrogen (secondary N) is 1. The van der Waals surface area contributed by atoms with Crippen molar-refractivity contribution < 1.29 is 0 Å². The van der Waals surface area contributed by atoms with E-state index in [9.17, 15) is 0 Å². The zero-order valence-corrected chi connectivity index (χ0v) is 11.0. The van der Waals surface area contributed by atoms with E-state index >= 15 is 0 Å². The molecule has 0 fully saturated rings. The minimum Gasteiger partial charge on any atom is -0.324 e. The van der Waals surface area contributed by atoms with Crippen molar-refractivity contribution in [2.75, 3.05) is 5.43 Å². The number of pyridine rings is 1. The van der Waals surface area contributed by atoms with Crippen molar-refractivity contribution in [1.82, 2.24) is 4.98 Å². The van der Waals surface area contributed by atoms with Gasteiger partial charge in [0.2, 0.25) is 0 Å². The Morgan fingerprint density at radius 2 is 1.40 bits per heavy atom. The third-order valence-corrected chi connectivity index (χ3v) is 3.21. The molecule has 0 unspecified atom stereocenters. The molecule has 0 aliphatic heterocycles. The Bertz CT molecular complexity index is 691. The normalized spacial score (nSPS) is 10.2. The number of hydrogen-bond donors (Lipinski definition) is 2. The van der Waals surface area contributed by atoms with Gasteiger partial charge >= 0.3 is 0 Å². The van der Waals surface area contributed by atoms with Gasteiger partial charge in [0.25, 0.3) is 0 Å². The first-order valence-corrected chi connectivity index (χ1v) is 6.45. The summed E-state index contributed by atoms with van der Waals surface area (Å²) < 4.78 is 0. The molecule has 3 rings (SSSR count). The summed E-state index contributed by atoms with van der Waals surface area (Å²) in [5.41, 5.74) is 7.87. The molecule has 1 aromatic heterocycles. The van der Waals surface area contributed by atoms with Gasteiger partial charge < -0.3 is 5.43 Å². The van der Waals surface area contributed by atoms with Crippen LogP contribution in [0.3, 0.4) is 0 Å². The monoisotopic (exact) mass is 261 g/mol. The second-order valence-corrected chi connectivity index (χ2v) is 4.52. The van der Waals surface area contributed by atoms with Crippen LogP contribution in [0.15, 0.2) is 72.9 Å². The predicted octanol–water partition coefficient (Wildman–Crippen LogP) is 3.70. The zero-order valence-electron chi connectivity index (χ0n) is 11.0. The van der Waals surface area contributed by atoms with Crippen LogP contribution in [0.25, 0.3) is 22.4 Å². The Morgan fingerprint density at radius 3 is 2.10 bits per heavy atom. The lowest BCUT2D eigenvalue weighted by Gasteiger charge is -2.06. The minimum absolute atomic E-state index is 0.849. The standard InChI is InChI=1S/C17H15N3/c18-20-16-10-11-19-17(12-16)15-8-6-14(7-9-15)13-4-2-1-3-5-13/h1-12H,18H2,(H,19,20). The highest BCUT2D eigenvalue weighted by molar-refractivity contribution is 5.70. The van der Waals surface area contributed by atoms with Crippen LogP contribution in [0.1, 0.15) is 0 Å². The summed E-state index contributed by atoms with van der Waals surface area (Å²) in [7, 11) is 0. The number of anilines is 1. The maximum Gasteiger partial charge on any atom is 0.0723 e. The van der Waals surface area contributed by atoms with E-state index in [1.807, 2.05) is 30.3 Å². The van der Waals surface area contributed by atoms with Gasteiger partial charge in [-0.1, -0.05) is 54.6 Å². The van der Waals surface area contributed by atoms with Crippen LogP contribution in [0.2, 0.25) is 0 Å².